The highest BCUT2D eigenvalue weighted by Gasteiger charge is 2.34. The van der Waals surface area contributed by atoms with Crippen molar-refractivity contribution >= 4 is 0 Å². The summed E-state index contributed by atoms with van der Waals surface area (Å²) in [7, 11) is 3.46. The maximum Gasteiger partial charge on any atom is 0.272 e. The highest BCUT2D eigenvalue weighted by atomic mass is 19.3. The molecule has 0 aromatic carbocycles. The molecule has 0 aromatic heterocycles. The van der Waals surface area contributed by atoms with Crippen LogP contribution < -0.4 is 0 Å². The van der Waals surface area contributed by atoms with Crippen molar-refractivity contribution < 1.29 is 8.78 Å². The molecule has 2 nitrogen and oxygen atoms in total. The number of nitrogens with zero attached hydrogens (tertiary/aromatic N) is 2. The van der Waals surface area contributed by atoms with Crippen molar-refractivity contribution in [2.75, 3.05) is 40.3 Å². The number of hydrogen-bond donors (Lipinski definition) is 0. The van der Waals surface area contributed by atoms with Gasteiger partial charge in [-0.25, -0.2) is 8.78 Å². The Balaban J connectivity index is 0.000000423. The quantitative estimate of drug-likeness (QED) is 0.620. The first-order valence-corrected chi connectivity index (χ1v) is 5.48. The highest BCUT2D eigenvalue weighted by molar-refractivity contribution is 4.78. The van der Waals surface area contributed by atoms with E-state index < -0.39 is 5.92 Å². The van der Waals surface area contributed by atoms with Crippen LogP contribution in [-0.4, -0.2) is 56.0 Å². The average Bonchev–Trinajstić information content (AvgIpc) is 2.07. The lowest BCUT2D eigenvalue weighted by Gasteiger charge is -2.19. The molecule has 0 bridgehead atoms. The summed E-state index contributed by atoms with van der Waals surface area (Å²) < 4.78 is 25.8. The van der Waals surface area contributed by atoms with Crippen LogP contribution in [0.2, 0.25) is 0 Å². The Hall–Kier alpha value is -0.220. The Bertz CT molecular complexity index is 155. The molecule has 0 aliphatic carbocycles. The maximum atomic E-state index is 12.9. The van der Waals surface area contributed by atoms with E-state index in [0.29, 0.717) is 0 Å². The van der Waals surface area contributed by atoms with Crippen molar-refractivity contribution in [3.05, 3.63) is 0 Å². The number of hydrogen-bond acceptors (Lipinski definition) is 2. The lowest BCUT2D eigenvalue weighted by atomic mass is 10.3. The summed E-state index contributed by atoms with van der Waals surface area (Å²) in [6, 6.07) is 0. The fourth-order valence-corrected chi connectivity index (χ4v) is 1.34. The van der Waals surface area contributed by atoms with Gasteiger partial charge in [0.1, 0.15) is 0 Å². The Kier molecular flexibility index (Phi) is 6.29. The molecule has 0 N–H and O–H groups in total. The van der Waals surface area contributed by atoms with Crippen molar-refractivity contribution in [2.45, 2.75) is 26.7 Å². The van der Waals surface area contributed by atoms with Gasteiger partial charge in [0.25, 0.3) is 5.92 Å². The molecule has 0 radical (unpaired) electrons. The Morgan fingerprint density at radius 1 is 0.933 bits per heavy atom. The number of alkyl halides is 2. The van der Waals surface area contributed by atoms with Crippen molar-refractivity contribution in [3.8, 4) is 0 Å². The molecule has 1 heterocycles. The second-order valence-corrected chi connectivity index (χ2v) is 5.06. The zero-order valence-corrected chi connectivity index (χ0v) is 10.6. The highest BCUT2D eigenvalue weighted by Crippen LogP contribution is 2.18. The van der Waals surface area contributed by atoms with E-state index in [1.54, 1.807) is 23.9 Å². The van der Waals surface area contributed by atoms with Crippen molar-refractivity contribution in [1.29, 1.82) is 0 Å². The van der Waals surface area contributed by atoms with Crippen LogP contribution >= 0.6 is 0 Å². The summed E-state index contributed by atoms with van der Waals surface area (Å²) in [6.07, 6.45) is 0. The Morgan fingerprint density at radius 2 is 1.20 bits per heavy atom. The van der Waals surface area contributed by atoms with E-state index in [9.17, 15) is 8.78 Å². The van der Waals surface area contributed by atoms with E-state index in [1.165, 1.54) is 0 Å². The van der Waals surface area contributed by atoms with Gasteiger partial charge in [-0.3, -0.25) is 9.80 Å². The number of rotatable bonds is 0. The van der Waals surface area contributed by atoms with E-state index in [2.05, 4.69) is 20.8 Å². The molecular weight excluding hydrogens is 198 g/mol. The Labute approximate surface area is 92.2 Å². The lowest BCUT2D eigenvalue weighted by Crippen LogP contribution is -2.37. The smallest absolute Gasteiger partial charge is 0.272 e. The Morgan fingerprint density at radius 3 is 1.47 bits per heavy atom. The van der Waals surface area contributed by atoms with Crippen molar-refractivity contribution in [1.82, 2.24) is 9.80 Å². The van der Waals surface area contributed by atoms with E-state index in [1.807, 2.05) is 0 Å². The van der Waals surface area contributed by atoms with Crippen LogP contribution in [0.25, 0.3) is 0 Å². The third kappa shape index (κ3) is 8.75. The first-order chi connectivity index (χ1) is 6.73. The molecule has 15 heavy (non-hydrogen) atoms. The predicted octanol–water partition coefficient (Wildman–Crippen LogP) is 2.16. The van der Waals surface area contributed by atoms with Crippen LogP contribution in [0, 0.1) is 5.92 Å². The zero-order chi connectivity index (χ0) is 12.1. The molecule has 1 aliphatic rings. The molecule has 0 aromatic rings. The second kappa shape index (κ2) is 6.38. The summed E-state index contributed by atoms with van der Waals surface area (Å²) in [5.41, 5.74) is 0. The van der Waals surface area contributed by atoms with Gasteiger partial charge in [-0.2, -0.15) is 0 Å². The molecule has 1 fully saturated rings. The third-order valence-electron chi connectivity index (χ3n) is 1.87. The molecule has 0 amide bonds. The molecule has 0 unspecified atom stereocenters. The van der Waals surface area contributed by atoms with Crippen LogP contribution in [0.3, 0.4) is 0 Å². The van der Waals surface area contributed by atoms with E-state index in [0.717, 1.165) is 19.0 Å². The summed E-state index contributed by atoms with van der Waals surface area (Å²) in [5.74, 6) is -1.71. The standard InChI is InChI=1S/C7H14F2N2.C4H10/c1-10-3-4-11(2)6-7(8,9)5-10;1-4(2)3/h3-6H2,1-2H3;4H,1-3H3. The van der Waals surface area contributed by atoms with Gasteiger partial charge in [0.2, 0.25) is 0 Å². The van der Waals surface area contributed by atoms with Crippen LogP contribution in [0.15, 0.2) is 0 Å². The van der Waals surface area contributed by atoms with E-state index in [-0.39, 0.29) is 13.1 Å². The predicted molar refractivity (Wildman–Crippen MR) is 60.5 cm³/mol. The normalized spacial score (nSPS) is 23.2. The van der Waals surface area contributed by atoms with Gasteiger partial charge in [-0.15, -0.1) is 0 Å². The van der Waals surface area contributed by atoms with E-state index in [4.69, 9.17) is 0 Å². The molecule has 0 saturated carbocycles. The summed E-state index contributed by atoms with van der Waals surface area (Å²) in [6.45, 7) is 7.73. The molecule has 0 spiro atoms. The third-order valence-corrected chi connectivity index (χ3v) is 1.87. The first kappa shape index (κ1) is 14.8. The summed E-state index contributed by atoms with van der Waals surface area (Å²) >= 11 is 0. The minimum Gasteiger partial charge on any atom is -0.299 e. The largest absolute Gasteiger partial charge is 0.299 e. The minimum absolute atomic E-state index is 0.114. The SMILES string of the molecule is CC(C)C.CN1CCN(C)CC(F)(F)C1. The zero-order valence-electron chi connectivity index (χ0n) is 10.6. The van der Waals surface area contributed by atoms with Gasteiger partial charge in [-0.1, -0.05) is 20.8 Å². The number of likely N-dealkylation sites (N-methyl/N-ethyl adjacent to an activating group) is 2. The topological polar surface area (TPSA) is 6.48 Å². The molecule has 1 saturated heterocycles. The van der Waals surface area contributed by atoms with Gasteiger partial charge >= 0.3 is 0 Å². The fourth-order valence-electron chi connectivity index (χ4n) is 1.34. The van der Waals surface area contributed by atoms with Crippen LogP contribution in [0.5, 0.6) is 0 Å². The molecule has 0 atom stereocenters. The summed E-state index contributed by atoms with van der Waals surface area (Å²) in [4.78, 5) is 3.34. The first-order valence-electron chi connectivity index (χ1n) is 5.48. The van der Waals surface area contributed by atoms with Gasteiger partial charge < -0.3 is 0 Å². The van der Waals surface area contributed by atoms with Crippen molar-refractivity contribution in [3.63, 3.8) is 0 Å². The van der Waals surface area contributed by atoms with Gasteiger partial charge in [-0.05, 0) is 20.0 Å². The molecule has 1 aliphatic heterocycles. The molecular formula is C11H24F2N2. The molecule has 4 heteroatoms. The lowest BCUT2D eigenvalue weighted by molar-refractivity contribution is -0.0303. The van der Waals surface area contributed by atoms with Crippen molar-refractivity contribution in [2.24, 2.45) is 5.92 Å². The number of halogens is 2. The van der Waals surface area contributed by atoms with Gasteiger partial charge in [0, 0.05) is 13.1 Å². The average molecular weight is 222 g/mol. The fraction of sp³-hybridized carbons (Fsp3) is 1.00. The van der Waals surface area contributed by atoms with Crippen LogP contribution in [0.4, 0.5) is 8.78 Å². The monoisotopic (exact) mass is 222 g/mol. The minimum atomic E-state index is -2.54. The molecule has 92 valence electrons. The maximum absolute atomic E-state index is 12.9. The summed E-state index contributed by atoms with van der Waals surface area (Å²) in [5, 5.41) is 0. The molecule has 1 rings (SSSR count). The second-order valence-electron chi connectivity index (χ2n) is 5.06. The van der Waals surface area contributed by atoms with Gasteiger partial charge in [0.15, 0.2) is 0 Å². The van der Waals surface area contributed by atoms with E-state index >= 15 is 0 Å². The van der Waals surface area contributed by atoms with Gasteiger partial charge in [0.05, 0.1) is 13.1 Å². The van der Waals surface area contributed by atoms with Crippen LogP contribution in [-0.2, 0) is 0 Å². The van der Waals surface area contributed by atoms with Crippen LogP contribution in [0.1, 0.15) is 20.8 Å².